The number of nitrogens with one attached hydrogen (secondary N) is 3. The SMILES string of the molecule is O=C(CNS(=O)(=O)c1ccccc1)NC1CCC(Nc2cc(-n3c(C(F)F)nc4ccccc43)nc(N3CCOCC3)n2)CC1. The molecular weight excluding hydrogens is 606 g/mol. The lowest BCUT2D eigenvalue weighted by Crippen LogP contribution is -2.44. The fourth-order valence-corrected chi connectivity index (χ4v) is 6.66. The molecule has 1 aliphatic carbocycles. The Morgan fingerprint density at radius 1 is 0.933 bits per heavy atom. The van der Waals surface area contributed by atoms with Crippen LogP contribution in [0.25, 0.3) is 16.9 Å². The third-order valence-corrected chi connectivity index (χ3v) is 9.34. The largest absolute Gasteiger partial charge is 0.378 e. The summed E-state index contributed by atoms with van der Waals surface area (Å²) in [4.78, 5) is 28.2. The molecule has 3 N–H and O–H groups in total. The van der Waals surface area contributed by atoms with Crippen LogP contribution in [0.15, 0.2) is 65.6 Å². The minimum Gasteiger partial charge on any atom is -0.378 e. The Bertz CT molecular complexity index is 1740. The van der Waals surface area contributed by atoms with Crippen LogP contribution in [0.1, 0.15) is 37.9 Å². The fourth-order valence-electron chi connectivity index (χ4n) is 5.66. The molecule has 1 saturated carbocycles. The van der Waals surface area contributed by atoms with Crippen molar-refractivity contribution >= 4 is 38.7 Å². The van der Waals surface area contributed by atoms with Gasteiger partial charge in [-0.05, 0) is 49.9 Å². The molecule has 2 aromatic heterocycles. The van der Waals surface area contributed by atoms with Crippen molar-refractivity contribution in [3.8, 4) is 5.82 Å². The summed E-state index contributed by atoms with van der Waals surface area (Å²) < 4.78 is 62.4. The van der Waals surface area contributed by atoms with E-state index in [4.69, 9.17) is 14.7 Å². The van der Waals surface area contributed by atoms with Crippen LogP contribution in [0.2, 0.25) is 0 Å². The zero-order chi connectivity index (χ0) is 31.4. The van der Waals surface area contributed by atoms with Crippen LogP contribution in [0.3, 0.4) is 0 Å². The molecule has 2 aliphatic rings. The van der Waals surface area contributed by atoms with Crippen LogP contribution in [-0.4, -0.2) is 78.8 Å². The number of imidazole rings is 1. The monoisotopic (exact) mass is 640 g/mol. The van der Waals surface area contributed by atoms with Gasteiger partial charge in [0.25, 0.3) is 6.43 Å². The van der Waals surface area contributed by atoms with Gasteiger partial charge in [0.1, 0.15) is 11.6 Å². The fraction of sp³-hybridized carbons (Fsp3) is 0.400. The third kappa shape index (κ3) is 7.21. The molecule has 0 bridgehead atoms. The van der Waals surface area contributed by atoms with Gasteiger partial charge in [-0.15, -0.1) is 0 Å². The number of halogens is 2. The van der Waals surface area contributed by atoms with Crippen LogP contribution in [0.4, 0.5) is 20.5 Å². The van der Waals surface area contributed by atoms with Gasteiger partial charge in [0.05, 0.1) is 35.7 Å². The smallest absolute Gasteiger partial charge is 0.296 e. The minimum absolute atomic E-state index is 0.0177. The van der Waals surface area contributed by atoms with E-state index in [1.54, 1.807) is 48.5 Å². The van der Waals surface area contributed by atoms with Crippen molar-refractivity contribution in [2.75, 3.05) is 43.1 Å². The molecule has 0 atom stereocenters. The van der Waals surface area contributed by atoms with E-state index in [1.165, 1.54) is 16.7 Å². The number of morpholine rings is 1. The molecule has 0 spiro atoms. The van der Waals surface area contributed by atoms with Crippen molar-refractivity contribution in [2.45, 2.75) is 49.1 Å². The lowest BCUT2D eigenvalue weighted by Gasteiger charge is -2.31. The Labute approximate surface area is 259 Å². The molecule has 238 valence electrons. The number of benzene rings is 2. The van der Waals surface area contributed by atoms with E-state index >= 15 is 0 Å². The normalized spacial score (nSPS) is 19.1. The zero-order valence-electron chi connectivity index (χ0n) is 24.4. The molecule has 2 fully saturated rings. The number of aromatic nitrogens is 4. The van der Waals surface area contributed by atoms with Gasteiger partial charge >= 0.3 is 0 Å². The van der Waals surface area contributed by atoms with Crippen LogP contribution < -0.4 is 20.3 Å². The quantitative estimate of drug-likeness (QED) is 0.238. The van der Waals surface area contributed by atoms with E-state index in [0.29, 0.717) is 74.8 Å². The molecule has 2 aromatic carbocycles. The highest BCUT2D eigenvalue weighted by molar-refractivity contribution is 7.89. The first kappa shape index (κ1) is 30.8. The van der Waals surface area contributed by atoms with E-state index in [0.717, 1.165) is 0 Å². The van der Waals surface area contributed by atoms with Crippen molar-refractivity contribution < 1.29 is 26.7 Å². The summed E-state index contributed by atoms with van der Waals surface area (Å²) in [6.45, 7) is 1.81. The second-order valence-electron chi connectivity index (χ2n) is 11.0. The number of carbonyl (C=O) groups excluding carboxylic acids is 1. The number of nitrogens with zero attached hydrogens (tertiary/aromatic N) is 5. The van der Waals surface area contributed by atoms with E-state index in [1.807, 2.05) is 4.90 Å². The highest BCUT2D eigenvalue weighted by atomic mass is 32.2. The predicted molar refractivity (Wildman–Crippen MR) is 164 cm³/mol. The Morgan fingerprint density at radius 3 is 2.36 bits per heavy atom. The van der Waals surface area contributed by atoms with E-state index in [2.05, 4.69) is 20.3 Å². The Kier molecular flexibility index (Phi) is 9.19. The summed E-state index contributed by atoms with van der Waals surface area (Å²) in [5, 5.41) is 6.38. The molecule has 4 aromatic rings. The van der Waals surface area contributed by atoms with Gasteiger partial charge in [0.15, 0.2) is 5.82 Å². The van der Waals surface area contributed by atoms with E-state index in [-0.39, 0.29) is 29.3 Å². The van der Waals surface area contributed by atoms with Gasteiger partial charge < -0.3 is 20.3 Å². The van der Waals surface area contributed by atoms with E-state index in [9.17, 15) is 22.0 Å². The number of anilines is 2. The Morgan fingerprint density at radius 2 is 1.62 bits per heavy atom. The highest BCUT2D eigenvalue weighted by Gasteiger charge is 2.26. The second kappa shape index (κ2) is 13.4. The average molecular weight is 641 g/mol. The molecule has 45 heavy (non-hydrogen) atoms. The molecule has 1 amide bonds. The van der Waals surface area contributed by atoms with Gasteiger partial charge in [-0.3, -0.25) is 9.36 Å². The van der Waals surface area contributed by atoms with Gasteiger partial charge in [-0.1, -0.05) is 30.3 Å². The van der Waals surface area contributed by atoms with Crippen molar-refractivity contribution in [3.05, 3.63) is 66.5 Å². The number of rotatable bonds is 10. The first-order chi connectivity index (χ1) is 21.8. The summed E-state index contributed by atoms with van der Waals surface area (Å²) in [5.74, 6) is 0.411. The number of sulfonamides is 1. The zero-order valence-corrected chi connectivity index (χ0v) is 25.2. The van der Waals surface area contributed by atoms with Gasteiger partial charge in [0.2, 0.25) is 21.9 Å². The lowest BCUT2D eigenvalue weighted by molar-refractivity contribution is -0.120. The van der Waals surface area contributed by atoms with Gasteiger partial charge in [-0.25, -0.2) is 26.9 Å². The van der Waals surface area contributed by atoms with Crippen molar-refractivity contribution in [1.82, 2.24) is 29.6 Å². The summed E-state index contributed by atoms with van der Waals surface area (Å²) in [7, 11) is -3.78. The first-order valence-corrected chi connectivity index (χ1v) is 16.3. The van der Waals surface area contributed by atoms with Crippen molar-refractivity contribution in [2.24, 2.45) is 0 Å². The van der Waals surface area contributed by atoms with Crippen LogP contribution in [0, 0.1) is 0 Å². The summed E-state index contributed by atoms with van der Waals surface area (Å²) in [6.07, 6.45) is -0.0446. The number of carbonyl (C=O) groups is 1. The van der Waals surface area contributed by atoms with E-state index < -0.39 is 28.2 Å². The van der Waals surface area contributed by atoms with Crippen molar-refractivity contribution in [1.29, 1.82) is 0 Å². The molecule has 15 heteroatoms. The average Bonchev–Trinajstić information content (AvgIpc) is 3.46. The van der Waals surface area contributed by atoms with Crippen LogP contribution >= 0.6 is 0 Å². The maximum Gasteiger partial charge on any atom is 0.296 e. The molecular formula is C30H34F2N8O4S. The number of ether oxygens (including phenoxy) is 1. The van der Waals surface area contributed by atoms with Crippen molar-refractivity contribution in [3.63, 3.8) is 0 Å². The topological polar surface area (TPSA) is 143 Å². The molecule has 6 rings (SSSR count). The predicted octanol–water partition coefficient (Wildman–Crippen LogP) is 3.41. The van der Waals surface area contributed by atoms with Crippen LogP contribution in [0.5, 0.6) is 0 Å². The minimum atomic E-state index is -3.78. The number of amides is 1. The number of hydrogen-bond acceptors (Lipinski definition) is 9. The molecule has 0 unspecified atom stereocenters. The molecule has 12 nitrogen and oxygen atoms in total. The molecule has 3 heterocycles. The first-order valence-electron chi connectivity index (χ1n) is 14.8. The van der Waals surface area contributed by atoms with Crippen LogP contribution in [-0.2, 0) is 19.6 Å². The summed E-state index contributed by atoms with van der Waals surface area (Å²) in [5.41, 5.74) is 0.967. The number of hydrogen-bond donors (Lipinski definition) is 3. The van der Waals surface area contributed by atoms with Gasteiger partial charge in [-0.2, -0.15) is 9.97 Å². The maximum absolute atomic E-state index is 14.2. The molecule has 0 radical (unpaired) electrons. The maximum atomic E-state index is 14.2. The highest BCUT2D eigenvalue weighted by Crippen LogP contribution is 2.30. The molecule has 1 saturated heterocycles. The second-order valence-corrected chi connectivity index (χ2v) is 12.8. The Hall–Kier alpha value is -4.21. The van der Waals surface area contributed by atoms with Gasteiger partial charge in [0, 0.05) is 31.2 Å². The lowest BCUT2D eigenvalue weighted by atomic mass is 9.91. The standard InChI is InChI=1S/C30H34F2N8O4S/c31-28(32)29-36-23-8-4-5-9-24(23)40(29)26-18-25(37-30(38-26)39-14-16-44-17-15-39)34-20-10-12-21(13-11-20)35-27(41)19-33-45(42,43)22-6-2-1-3-7-22/h1-9,18,20-21,28,33H,10-17,19H2,(H,35,41)(H,34,37,38). The number of alkyl halides is 2. The number of fused-ring (bicyclic) bond motifs is 1. The Balaban J connectivity index is 1.14. The third-order valence-electron chi connectivity index (χ3n) is 7.93. The summed E-state index contributed by atoms with van der Waals surface area (Å²) in [6, 6.07) is 16.4. The number of para-hydroxylation sites is 2. The molecule has 1 aliphatic heterocycles. The summed E-state index contributed by atoms with van der Waals surface area (Å²) >= 11 is 0.